The zero-order valence-electron chi connectivity index (χ0n) is 16.4. The Labute approximate surface area is 177 Å². The lowest BCUT2D eigenvalue weighted by molar-refractivity contribution is 0.214. The van der Waals surface area contributed by atoms with Gasteiger partial charge in [0.25, 0.3) is 0 Å². The third-order valence-electron chi connectivity index (χ3n) is 6.46. The van der Waals surface area contributed by atoms with E-state index in [1.807, 2.05) is 6.07 Å². The second-order valence-electron chi connectivity index (χ2n) is 8.01. The average molecular weight is 433 g/mol. The predicted octanol–water partition coefficient (Wildman–Crippen LogP) is 4.21. The lowest BCUT2D eigenvalue weighted by Gasteiger charge is -2.57. The molecule has 2 unspecified atom stereocenters. The largest absolute Gasteiger partial charge is 0.323 e. The summed E-state index contributed by atoms with van der Waals surface area (Å²) in [6.07, 6.45) is 1.06. The Kier molecular flexibility index (Phi) is 4.82. The van der Waals surface area contributed by atoms with Crippen LogP contribution in [0.4, 0.5) is 5.69 Å². The lowest BCUT2D eigenvalue weighted by Crippen LogP contribution is -2.52. The number of benzene rings is 2. The molecular formula is C21H26ClN4PS. The predicted molar refractivity (Wildman–Crippen MR) is 122 cm³/mol. The average Bonchev–Trinajstić information content (AvgIpc) is 2.71. The molecule has 5 rings (SSSR count). The fourth-order valence-corrected chi connectivity index (χ4v) is 9.51. The maximum Gasteiger partial charge on any atom is 0.170 e. The van der Waals surface area contributed by atoms with Gasteiger partial charge in [-0.05, 0) is 60.2 Å². The molecule has 3 aliphatic heterocycles. The maximum atomic E-state index is 6.61. The molecule has 2 aromatic carbocycles. The SMILES string of the molecule is CN1CCN(P2(=S)N(C)c3ccc(Cl)cc3C3c4ccccc4CCN32)CC1. The van der Waals surface area contributed by atoms with Crippen molar-refractivity contribution in [2.75, 3.05) is 51.5 Å². The fourth-order valence-electron chi connectivity index (χ4n) is 4.92. The summed E-state index contributed by atoms with van der Waals surface area (Å²) in [5.41, 5.74) is 5.37. The minimum absolute atomic E-state index is 0.195. The smallest absolute Gasteiger partial charge is 0.170 e. The van der Waals surface area contributed by atoms with Gasteiger partial charge in [-0.25, -0.2) is 9.34 Å². The Balaban J connectivity index is 1.70. The Morgan fingerprint density at radius 3 is 2.50 bits per heavy atom. The number of hydrogen-bond donors (Lipinski definition) is 0. The molecule has 2 aromatic rings. The number of hydrogen-bond acceptors (Lipinski definition) is 2. The first-order chi connectivity index (χ1) is 13.5. The molecule has 148 valence electrons. The number of piperazine rings is 1. The van der Waals surface area contributed by atoms with Crippen molar-refractivity contribution in [3.8, 4) is 0 Å². The van der Waals surface area contributed by atoms with Crippen molar-refractivity contribution in [1.29, 1.82) is 0 Å². The van der Waals surface area contributed by atoms with Crippen LogP contribution >= 0.6 is 18.1 Å². The van der Waals surface area contributed by atoms with E-state index in [9.17, 15) is 0 Å². The highest BCUT2D eigenvalue weighted by molar-refractivity contribution is 8.13. The molecule has 2 atom stereocenters. The van der Waals surface area contributed by atoms with Crippen molar-refractivity contribution >= 4 is 35.6 Å². The van der Waals surface area contributed by atoms with E-state index in [1.54, 1.807) is 0 Å². The molecule has 0 saturated carbocycles. The Morgan fingerprint density at radius 2 is 1.71 bits per heavy atom. The molecule has 0 aromatic heterocycles. The number of rotatable bonds is 1. The normalized spacial score (nSPS) is 28.5. The standard InChI is InChI=1S/C21H26ClN4PS/c1-23-11-13-25(14-12-23)27(28)24(2)20-8-7-17(22)15-19(20)21-18-6-4-3-5-16(18)9-10-26(21)27/h3-8,15,21H,9-14H2,1-2H3. The summed E-state index contributed by atoms with van der Waals surface area (Å²) in [5.74, 6) is 0. The summed E-state index contributed by atoms with van der Waals surface area (Å²) in [7, 11) is 4.40. The Hall–Kier alpha value is -0.940. The number of fused-ring (bicyclic) bond motifs is 5. The lowest BCUT2D eigenvalue weighted by atomic mass is 9.89. The minimum Gasteiger partial charge on any atom is -0.323 e. The van der Waals surface area contributed by atoms with E-state index in [4.69, 9.17) is 23.4 Å². The van der Waals surface area contributed by atoms with Gasteiger partial charge in [-0.15, -0.1) is 0 Å². The van der Waals surface area contributed by atoms with Crippen molar-refractivity contribution in [1.82, 2.24) is 14.2 Å². The van der Waals surface area contributed by atoms with Gasteiger partial charge in [0.15, 0.2) is 6.49 Å². The summed E-state index contributed by atoms with van der Waals surface area (Å²) >= 11 is 13.1. The zero-order valence-corrected chi connectivity index (χ0v) is 18.9. The molecule has 0 bridgehead atoms. The molecule has 1 fully saturated rings. The van der Waals surface area contributed by atoms with E-state index < -0.39 is 6.49 Å². The van der Waals surface area contributed by atoms with Crippen molar-refractivity contribution < 1.29 is 0 Å². The van der Waals surface area contributed by atoms with E-state index in [1.165, 1.54) is 22.4 Å². The van der Waals surface area contributed by atoms with Crippen molar-refractivity contribution in [3.05, 3.63) is 64.2 Å². The molecule has 7 heteroatoms. The van der Waals surface area contributed by atoms with E-state index in [0.29, 0.717) is 0 Å². The van der Waals surface area contributed by atoms with Gasteiger partial charge in [0.2, 0.25) is 0 Å². The Morgan fingerprint density at radius 1 is 0.964 bits per heavy atom. The van der Waals surface area contributed by atoms with Crippen LogP contribution in [0, 0.1) is 0 Å². The van der Waals surface area contributed by atoms with E-state index in [2.05, 4.69) is 69.4 Å². The highest BCUT2D eigenvalue weighted by atomic mass is 35.5. The molecule has 4 nitrogen and oxygen atoms in total. The number of halogens is 1. The summed E-state index contributed by atoms with van der Waals surface area (Å²) in [6, 6.07) is 15.4. The van der Waals surface area contributed by atoms with E-state index >= 15 is 0 Å². The number of likely N-dealkylation sites (N-methyl/N-ethyl adjacent to an activating group) is 1. The monoisotopic (exact) mass is 432 g/mol. The first-order valence-electron chi connectivity index (χ1n) is 9.93. The number of anilines is 1. The molecule has 1 saturated heterocycles. The summed E-state index contributed by atoms with van der Waals surface area (Å²) in [6.45, 7) is 3.15. The number of nitrogens with zero attached hydrogens (tertiary/aromatic N) is 4. The molecule has 3 heterocycles. The van der Waals surface area contributed by atoms with E-state index in [0.717, 1.165) is 44.2 Å². The van der Waals surface area contributed by atoms with Crippen LogP contribution < -0.4 is 4.67 Å². The van der Waals surface area contributed by atoms with Crippen molar-refractivity contribution in [3.63, 3.8) is 0 Å². The van der Waals surface area contributed by atoms with Crippen molar-refractivity contribution in [2.24, 2.45) is 0 Å². The van der Waals surface area contributed by atoms with Crippen LogP contribution in [-0.4, -0.2) is 61.1 Å². The van der Waals surface area contributed by atoms with Gasteiger partial charge in [0.1, 0.15) is 0 Å². The zero-order chi connectivity index (χ0) is 19.5. The molecule has 0 radical (unpaired) electrons. The third kappa shape index (κ3) is 2.79. The highest BCUT2D eigenvalue weighted by Gasteiger charge is 2.48. The molecule has 3 aliphatic rings. The van der Waals surface area contributed by atoms with Crippen LogP contribution in [0.1, 0.15) is 22.7 Å². The molecule has 28 heavy (non-hydrogen) atoms. The van der Waals surface area contributed by atoms with Crippen LogP contribution in [0.15, 0.2) is 42.5 Å². The van der Waals surface area contributed by atoms with Crippen LogP contribution in [-0.2, 0) is 18.2 Å². The summed E-state index contributed by atoms with van der Waals surface area (Å²) < 4.78 is 7.64. The maximum absolute atomic E-state index is 6.61. The van der Waals surface area contributed by atoms with Gasteiger partial charge < -0.3 is 9.57 Å². The minimum atomic E-state index is -2.08. The molecule has 0 spiro atoms. The Bertz CT molecular complexity index is 959. The summed E-state index contributed by atoms with van der Waals surface area (Å²) in [5, 5.41) is 0.796. The second kappa shape index (κ2) is 7.09. The van der Waals surface area contributed by atoms with Crippen LogP contribution in [0.5, 0.6) is 0 Å². The van der Waals surface area contributed by atoms with Gasteiger partial charge in [-0.3, -0.25) is 0 Å². The van der Waals surface area contributed by atoms with Gasteiger partial charge in [-0.1, -0.05) is 35.9 Å². The third-order valence-corrected chi connectivity index (χ3v) is 12.0. The van der Waals surface area contributed by atoms with Crippen LogP contribution in [0.25, 0.3) is 0 Å². The fraction of sp³-hybridized carbons (Fsp3) is 0.429. The van der Waals surface area contributed by atoms with Gasteiger partial charge >= 0.3 is 0 Å². The molecule has 0 amide bonds. The first kappa shape index (κ1) is 19.0. The van der Waals surface area contributed by atoms with Crippen LogP contribution in [0.3, 0.4) is 0 Å². The van der Waals surface area contributed by atoms with Gasteiger partial charge in [0, 0.05) is 50.5 Å². The van der Waals surface area contributed by atoms with Crippen LogP contribution in [0.2, 0.25) is 5.02 Å². The van der Waals surface area contributed by atoms with E-state index in [-0.39, 0.29) is 6.04 Å². The quantitative estimate of drug-likeness (QED) is 0.624. The van der Waals surface area contributed by atoms with Gasteiger partial charge in [-0.2, -0.15) is 0 Å². The second-order valence-corrected chi connectivity index (χ2v) is 12.6. The van der Waals surface area contributed by atoms with Gasteiger partial charge in [0.05, 0.1) is 6.04 Å². The topological polar surface area (TPSA) is 13.0 Å². The first-order valence-corrected chi connectivity index (χ1v) is 13.0. The highest BCUT2D eigenvalue weighted by Crippen LogP contribution is 2.67. The molecule has 0 N–H and O–H groups in total. The summed E-state index contributed by atoms with van der Waals surface area (Å²) in [4.78, 5) is 2.40. The molecular weight excluding hydrogens is 407 g/mol. The molecule has 0 aliphatic carbocycles. The van der Waals surface area contributed by atoms with Crippen molar-refractivity contribution in [2.45, 2.75) is 12.5 Å².